The molecular formula is C22H42N2. The second-order valence-electron chi connectivity index (χ2n) is 9.21. The summed E-state index contributed by atoms with van der Waals surface area (Å²) in [4.78, 5) is 0. The molecule has 0 aliphatic heterocycles. The molecule has 24 heavy (non-hydrogen) atoms. The second-order valence-corrected chi connectivity index (χ2v) is 9.21. The van der Waals surface area contributed by atoms with Crippen molar-refractivity contribution >= 4 is 0 Å². The quantitative estimate of drug-likeness (QED) is 0.643. The highest BCUT2D eigenvalue weighted by atomic mass is 14.9. The molecule has 0 heterocycles. The van der Waals surface area contributed by atoms with Gasteiger partial charge in [-0.25, -0.2) is 0 Å². The standard InChI is InChI=1S/C22H42N2/c1-3-7-19(8-4-1)15-23-17-21-11-13-22(14-12-21)18-24-16-20-9-5-2-6-10-20/h19-24H,1-18H2. The summed E-state index contributed by atoms with van der Waals surface area (Å²) < 4.78 is 0. The molecule has 0 unspecified atom stereocenters. The van der Waals surface area contributed by atoms with Gasteiger partial charge in [0.25, 0.3) is 0 Å². The Morgan fingerprint density at radius 1 is 0.375 bits per heavy atom. The van der Waals surface area contributed by atoms with Crippen LogP contribution in [-0.4, -0.2) is 26.2 Å². The Hall–Kier alpha value is -0.0800. The summed E-state index contributed by atoms with van der Waals surface area (Å²) in [5, 5.41) is 7.62. The van der Waals surface area contributed by atoms with Crippen LogP contribution >= 0.6 is 0 Å². The summed E-state index contributed by atoms with van der Waals surface area (Å²) in [7, 11) is 0. The molecule has 0 aromatic rings. The normalized spacial score (nSPS) is 30.5. The molecule has 0 bridgehead atoms. The van der Waals surface area contributed by atoms with E-state index in [0.29, 0.717) is 0 Å². The van der Waals surface area contributed by atoms with Gasteiger partial charge in [0.15, 0.2) is 0 Å². The van der Waals surface area contributed by atoms with Crippen LogP contribution in [-0.2, 0) is 0 Å². The highest BCUT2D eigenvalue weighted by Gasteiger charge is 2.22. The van der Waals surface area contributed by atoms with Gasteiger partial charge in [0, 0.05) is 0 Å². The van der Waals surface area contributed by atoms with Crippen molar-refractivity contribution < 1.29 is 0 Å². The van der Waals surface area contributed by atoms with Gasteiger partial charge < -0.3 is 10.6 Å². The van der Waals surface area contributed by atoms with Crippen LogP contribution in [0, 0.1) is 23.7 Å². The van der Waals surface area contributed by atoms with Crippen molar-refractivity contribution in [3.8, 4) is 0 Å². The first-order valence-corrected chi connectivity index (χ1v) is 11.3. The highest BCUT2D eigenvalue weighted by molar-refractivity contribution is 4.77. The van der Waals surface area contributed by atoms with Crippen molar-refractivity contribution in [3.05, 3.63) is 0 Å². The summed E-state index contributed by atoms with van der Waals surface area (Å²) in [5.41, 5.74) is 0. The van der Waals surface area contributed by atoms with Gasteiger partial charge in [-0.1, -0.05) is 38.5 Å². The molecule has 0 atom stereocenters. The summed E-state index contributed by atoms with van der Waals surface area (Å²) in [6.07, 6.45) is 20.7. The maximum Gasteiger partial charge on any atom is -0.00204 e. The van der Waals surface area contributed by atoms with E-state index in [2.05, 4.69) is 10.6 Å². The molecule has 0 aromatic heterocycles. The van der Waals surface area contributed by atoms with Crippen LogP contribution < -0.4 is 10.6 Å². The Balaban J connectivity index is 1.19. The molecule has 0 saturated heterocycles. The van der Waals surface area contributed by atoms with Gasteiger partial charge in [-0.2, -0.15) is 0 Å². The van der Waals surface area contributed by atoms with Gasteiger partial charge in [0.2, 0.25) is 0 Å². The van der Waals surface area contributed by atoms with E-state index in [1.807, 2.05) is 0 Å². The van der Waals surface area contributed by atoms with Crippen LogP contribution in [0.25, 0.3) is 0 Å². The van der Waals surface area contributed by atoms with Crippen molar-refractivity contribution in [2.24, 2.45) is 23.7 Å². The van der Waals surface area contributed by atoms with E-state index in [4.69, 9.17) is 0 Å². The molecule has 0 amide bonds. The van der Waals surface area contributed by atoms with Crippen LogP contribution in [0.5, 0.6) is 0 Å². The van der Waals surface area contributed by atoms with Crippen molar-refractivity contribution in [1.82, 2.24) is 10.6 Å². The third-order valence-corrected chi connectivity index (χ3v) is 7.15. The smallest absolute Gasteiger partial charge is 0.00204 e. The van der Waals surface area contributed by atoms with Gasteiger partial charge in [-0.3, -0.25) is 0 Å². The Morgan fingerprint density at radius 3 is 1.00 bits per heavy atom. The molecule has 2 nitrogen and oxygen atoms in total. The average Bonchev–Trinajstić information content (AvgIpc) is 2.65. The molecule has 140 valence electrons. The lowest BCUT2D eigenvalue weighted by Gasteiger charge is -2.30. The third kappa shape index (κ3) is 6.67. The lowest BCUT2D eigenvalue weighted by Crippen LogP contribution is -2.34. The van der Waals surface area contributed by atoms with Gasteiger partial charge >= 0.3 is 0 Å². The summed E-state index contributed by atoms with van der Waals surface area (Å²) in [5.74, 6) is 3.89. The summed E-state index contributed by atoms with van der Waals surface area (Å²) >= 11 is 0. The molecule has 3 aliphatic carbocycles. The van der Waals surface area contributed by atoms with Crippen molar-refractivity contribution in [2.45, 2.75) is 89.9 Å². The molecule has 3 saturated carbocycles. The van der Waals surface area contributed by atoms with E-state index in [-0.39, 0.29) is 0 Å². The van der Waals surface area contributed by atoms with Crippen LogP contribution in [0.15, 0.2) is 0 Å². The number of nitrogens with one attached hydrogen (secondary N) is 2. The molecule has 2 heteroatoms. The van der Waals surface area contributed by atoms with Crippen LogP contribution in [0.2, 0.25) is 0 Å². The summed E-state index contributed by atoms with van der Waals surface area (Å²) in [6.45, 7) is 5.17. The fourth-order valence-electron chi connectivity index (χ4n) is 5.41. The van der Waals surface area contributed by atoms with E-state index < -0.39 is 0 Å². The van der Waals surface area contributed by atoms with Crippen molar-refractivity contribution in [2.75, 3.05) is 26.2 Å². The first-order chi connectivity index (χ1) is 11.9. The lowest BCUT2D eigenvalue weighted by atomic mass is 9.81. The monoisotopic (exact) mass is 334 g/mol. The van der Waals surface area contributed by atoms with E-state index in [0.717, 1.165) is 23.7 Å². The number of rotatable bonds is 8. The Kier molecular flexibility index (Phi) is 8.42. The molecule has 0 aromatic carbocycles. The van der Waals surface area contributed by atoms with E-state index >= 15 is 0 Å². The maximum atomic E-state index is 3.81. The fourth-order valence-corrected chi connectivity index (χ4v) is 5.41. The van der Waals surface area contributed by atoms with E-state index in [9.17, 15) is 0 Å². The highest BCUT2D eigenvalue weighted by Crippen LogP contribution is 2.29. The zero-order valence-corrected chi connectivity index (χ0v) is 16.0. The van der Waals surface area contributed by atoms with Crippen LogP contribution in [0.4, 0.5) is 0 Å². The molecule has 0 radical (unpaired) electrons. The Labute approximate surface area is 150 Å². The van der Waals surface area contributed by atoms with Gasteiger partial charge in [0.05, 0.1) is 0 Å². The number of hydrogen-bond donors (Lipinski definition) is 2. The SMILES string of the molecule is C1CCC(CNCC2CCC(CNCC3CCCCC3)CC2)CC1. The topological polar surface area (TPSA) is 24.1 Å². The van der Waals surface area contributed by atoms with Gasteiger partial charge in [0.1, 0.15) is 0 Å². The molecule has 3 aliphatic rings. The average molecular weight is 335 g/mol. The minimum absolute atomic E-state index is 0.961. The molecule has 3 fully saturated rings. The first kappa shape index (κ1) is 18.7. The molecular weight excluding hydrogens is 292 g/mol. The zero-order chi connectivity index (χ0) is 16.5. The minimum Gasteiger partial charge on any atom is -0.316 e. The van der Waals surface area contributed by atoms with Crippen LogP contribution in [0.1, 0.15) is 89.9 Å². The zero-order valence-electron chi connectivity index (χ0n) is 16.0. The fraction of sp³-hybridized carbons (Fsp3) is 1.00. The first-order valence-electron chi connectivity index (χ1n) is 11.3. The molecule has 2 N–H and O–H groups in total. The van der Waals surface area contributed by atoms with E-state index in [1.54, 1.807) is 0 Å². The van der Waals surface area contributed by atoms with Gasteiger partial charge in [-0.15, -0.1) is 0 Å². The number of hydrogen-bond acceptors (Lipinski definition) is 2. The van der Waals surface area contributed by atoms with Crippen molar-refractivity contribution in [1.29, 1.82) is 0 Å². The predicted molar refractivity (Wildman–Crippen MR) is 104 cm³/mol. The van der Waals surface area contributed by atoms with Crippen LogP contribution in [0.3, 0.4) is 0 Å². The van der Waals surface area contributed by atoms with Crippen molar-refractivity contribution in [3.63, 3.8) is 0 Å². The Morgan fingerprint density at radius 2 is 0.667 bits per heavy atom. The third-order valence-electron chi connectivity index (χ3n) is 7.15. The Bertz CT molecular complexity index is 278. The second kappa shape index (κ2) is 10.8. The lowest BCUT2D eigenvalue weighted by molar-refractivity contribution is 0.246. The van der Waals surface area contributed by atoms with Gasteiger partial charge in [-0.05, 0) is 101 Å². The molecule has 3 rings (SSSR count). The van der Waals surface area contributed by atoms with E-state index in [1.165, 1.54) is 116 Å². The summed E-state index contributed by atoms with van der Waals surface area (Å²) in [6, 6.07) is 0. The predicted octanol–water partition coefficient (Wildman–Crippen LogP) is 5.13. The maximum absolute atomic E-state index is 3.81. The largest absolute Gasteiger partial charge is 0.316 e. The minimum atomic E-state index is 0.961. The molecule has 0 spiro atoms.